The fourth-order valence-corrected chi connectivity index (χ4v) is 3.67. The average Bonchev–Trinajstić information content (AvgIpc) is 3.20. The van der Waals surface area contributed by atoms with Gasteiger partial charge in [-0.3, -0.25) is 9.88 Å². The van der Waals surface area contributed by atoms with E-state index >= 15 is 0 Å². The molecule has 0 saturated carbocycles. The van der Waals surface area contributed by atoms with E-state index < -0.39 is 0 Å². The largest absolute Gasteiger partial charge is 0.395 e. The number of hydrogen-bond donors (Lipinski definition) is 2. The zero-order valence-electron chi connectivity index (χ0n) is 14.0. The van der Waals surface area contributed by atoms with Gasteiger partial charge in [-0.25, -0.2) is 0 Å². The van der Waals surface area contributed by atoms with E-state index in [4.69, 9.17) is 0 Å². The molecule has 3 heterocycles. The lowest BCUT2D eigenvalue weighted by atomic mass is 10.1. The summed E-state index contributed by atoms with van der Waals surface area (Å²) in [6.45, 7) is 4.27. The van der Waals surface area contributed by atoms with E-state index in [1.807, 2.05) is 6.20 Å². The minimum Gasteiger partial charge on any atom is -0.395 e. The number of pyridine rings is 1. The molecule has 3 aromatic rings. The zero-order valence-corrected chi connectivity index (χ0v) is 14.0. The summed E-state index contributed by atoms with van der Waals surface area (Å²) in [6, 6.07) is 13.1. The number of benzene rings is 1. The van der Waals surface area contributed by atoms with Gasteiger partial charge in [0.25, 0.3) is 0 Å². The molecule has 124 valence electrons. The third-order valence-corrected chi connectivity index (χ3v) is 4.96. The molecule has 4 heteroatoms. The molecule has 0 bridgehead atoms. The summed E-state index contributed by atoms with van der Waals surface area (Å²) in [7, 11) is 0. The predicted octanol–water partition coefficient (Wildman–Crippen LogP) is 3.50. The normalized spacial score (nSPS) is 18.5. The van der Waals surface area contributed by atoms with Crippen LogP contribution in [0.2, 0.25) is 0 Å². The summed E-state index contributed by atoms with van der Waals surface area (Å²) in [5.41, 5.74) is 5.66. The monoisotopic (exact) mass is 321 g/mol. The van der Waals surface area contributed by atoms with Crippen LogP contribution in [0.3, 0.4) is 0 Å². The maximum Gasteiger partial charge on any atom is 0.0709 e. The van der Waals surface area contributed by atoms with Gasteiger partial charge in [0.2, 0.25) is 0 Å². The number of aromatic nitrogens is 2. The fourth-order valence-electron chi connectivity index (χ4n) is 3.67. The topological polar surface area (TPSA) is 52.1 Å². The van der Waals surface area contributed by atoms with Gasteiger partial charge in [0.1, 0.15) is 0 Å². The van der Waals surface area contributed by atoms with Gasteiger partial charge >= 0.3 is 0 Å². The zero-order chi connectivity index (χ0) is 16.5. The number of nitrogens with one attached hydrogen (secondary N) is 1. The highest BCUT2D eigenvalue weighted by Crippen LogP contribution is 2.25. The summed E-state index contributed by atoms with van der Waals surface area (Å²) >= 11 is 0. The Hall–Kier alpha value is -2.17. The number of fused-ring (bicyclic) bond motifs is 1. The smallest absolute Gasteiger partial charge is 0.0709 e. The Morgan fingerprint density at radius 2 is 2.21 bits per heavy atom. The van der Waals surface area contributed by atoms with Crippen molar-refractivity contribution in [1.82, 2.24) is 14.9 Å². The van der Waals surface area contributed by atoms with Crippen molar-refractivity contribution in [3.05, 3.63) is 53.9 Å². The molecule has 0 radical (unpaired) electrons. The number of aromatic amines is 1. The van der Waals surface area contributed by atoms with E-state index in [0.29, 0.717) is 6.04 Å². The molecule has 2 N–H and O–H groups in total. The third-order valence-electron chi connectivity index (χ3n) is 4.96. The number of likely N-dealkylation sites (tertiary alicyclic amines) is 1. The molecule has 4 nitrogen and oxygen atoms in total. The van der Waals surface area contributed by atoms with Crippen LogP contribution < -0.4 is 0 Å². The predicted molar refractivity (Wildman–Crippen MR) is 96.8 cm³/mol. The highest BCUT2D eigenvalue weighted by Gasteiger charge is 2.24. The van der Waals surface area contributed by atoms with Gasteiger partial charge in [0.15, 0.2) is 0 Å². The van der Waals surface area contributed by atoms with Gasteiger partial charge in [0, 0.05) is 29.2 Å². The highest BCUT2D eigenvalue weighted by atomic mass is 16.3. The molecule has 0 spiro atoms. The van der Waals surface area contributed by atoms with Crippen molar-refractivity contribution in [2.75, 3.05) is 13.2 Å². The van der Waals surface area contributed by atoms with Crippen LogP contribution >= 0.6 is 0 Å². The number of nitrogens with zero attached hydrogens (tertiary/aromatic N) is 2. The second kappa shape index (κ2) is 6.38. The first-order valence-electron chi connectivity index (χ1n) is 8.62. The molecular formula is C20H23N3O. The van der Waals surface area contributed by atoms with Crippen LogP contribution in [0, 0.1) is 6.92 Å². The fraction of sp³-hybridized carbons (Fsp3) is 0.350. The van der Waals surface area contributed by atoms with E-state index in [2.05, 4.69) is 58.2 Å². The molecule has 1 saturated heterocycles. The van der Waals surface area contributed by atoms with Crippen molar-refractivity contribution < 1.29 is 5.11 Å². The van der Waals surface area contributed by atoms with E-state index in [1.165, 1.54) is 23.1 Å². The molecule has 0 unspecified atom stereocenters. The summed E-state index contributed by atoms with van der Waals surface area (Å²) in [5.74, 6) is 0. The van der Waals surface area contributed by atoms with E-state index in [1.54, 1.807) is 0 Å². The lowest BCUT2D eigenvalue weighted by Crippen LogP contribution is -2.31. The number of rotatable bonds is 4. The number of H-pyrrole nitrogens is 1. The Balaban J connectivity index is 1.61. The number of aliphatic hydroxyl groups is 1. The first kappa shape index (κ1) is 15.4. The van der Waals surface area contributed by atoms with Crippen LogP contribution in [0.5, 0.6) is 0 Å². The van der Waals surface area contributed by atoms with Crippen LogP contribution in [-0.4, -0.2) is 39.2 Å². The second-order valence-electron chi connectivity index (χ2n) is 6.77. The molecule has 0 aliphatic carbocycles. The lowest BCUT2D eigenvalue weighted by molar-refractivity contribution is 0.152. The maximum absolute atomic E-state index is 9.48. The molecule has 1 atom stereocenters. The minimum atomic E-state index is 0.249. The molecule has 1 fully saturated rings. The Bertz CT molecular complexity index is 855. The maximum atomic E-state index is 9.48. The Labute approximate surface area is 142 Å². The highest BCUT2D eigenvalue weighted by molar-refractivity contribution is 5.83. The first-order chi connectivity index (χ1) is 11.7. The SMILES string of the molecule is Cc1cccc(-c2cc3cc(CN4CCC[C@@H]4CO)[nH]c3cn2)c1. The Morgan fingerprint density at radius 1 is 1.29 bits per heavy atom. The number of hydrogen-bond acceptors (Lipinski definition) is 3. The van der Waals surface area contributed by atoms with E-state index in [0.717, 1.165) is 36.3 Å². The quantitative estimate of drug-likeness (QED) is 0.773. The molecular weight excluding hydrogens is 298 g/mol. The van der Waals surface area contributed by atoms with Crippen LogP contribution in [0.15, 0.2) is 42.6 Å². The molecule has 2 aromatic heterocycles. The molecule has 1 aromatic carbocycles. The number of aryl methyl sites for hydroxylation is 1. The summed E-state index contributed by atoms with van der Waals surface area (Å²) in [5, 5.41) is 10.7. The van der Waals surface area contributed by atoms with Crippen molar-refractivity contribution in [2.45, 2.75) is 32.4 Å². The van der Waals surface area contributed by atoms with Crippen molar-refractivity contribution >= 4 is 10.9 Å². The Morgan fingerprint density at radius 3 is 3.04 bits per heavy atom. The van der Waals surface area contributed by atoms with Crippen molar-refractivity contribution in [3.63, 3.8) is 0 Å². The van der Waals surface area contributed by atoms with Crippen LogP contribution in [0.25, 0.3) is 22.2 Å². The van der Waals surface area contributed by atoms with Crippen LogP contribution in [-0.2, 0) is 6.54 Å². The van der Waals surface area contributed by atoms with Gasteiger partial charge in [-0.15, -0.1) is 0 Å². The Kier molecular flexibility index (Phi) is 4.08. The van der Waals surface area contributed by atoms with Gasteiger partial charge < -0.3 is 10.1 Å². The molecule has 4 rings (SSSR count). The van der Waals surface area contributed by atoms with Crippen LogP contribution in [0.1, 0.15) is 24.1 Å². The van der Waals surface area contributed by atoms with Crippen molar-refractivity contribution in [2.24, 2.45) is 0 Å². The summed E-state index contributed by atoms with van der Waals surface area (Å²) in [6.07, 6.45) is 4.18. The lowest BCUT2D eigenvalue weighted by Gasteiger charge is -2.21. The number of aliphatic hydroxyl groups excluding tert-OH is 1. The van der Waals surface area contributed by atoms with Crippen molar-refractivity contribution in [1.29, 1.82) is 0 Å². The van der Waals surface area contributed by atoms with E-state index in [-0.39, 0.29) is 6.61 Å². The second-order valence-corrected chi connectivity index (χ2v) is 6.77. The van der Waals surface area contributed by atoms with Gasteiger partial charge in [0.05, 0.1) is 24.0 Å². The summed E-state index contributed by atoms with van der Waals surface area (Å²) < 4.78 is 0. The van der Waals surface area contributed by atoms with Gasteiger partial charge in [-0.1, -0.05) is 23.8 Å². The molecule has 1 aliphatic rings. The minimum absolute atomic E-state index is 0.249. The van der Waals surface area contributed by atoms with Gasteiger partial charge in [-0.05, 0) is 44.5 Å². The standard InChI is InChI=1S/C20H23N3O/c1-14-4-2-5-15(8-14)19-10-16-9-17(22-20(16)11-21-19)12-23-7-3-6-18(23)13-24/h2,4-5,8-11,18,22,24H,3,6-7,12-13H2,1H3/t18-/m1/s1. The molecule has 1 aliphatic heterocycles. The van der Waals surface area contributed by atoms with E-state index in [9.17, 15) is 5.11 Å². The van der Waals surface area contributed by atoms with Crippen molar-refractivity contribution in [3.8, 4) is 11.3 Å². The summed E-state index contributed by atoms with van der Waals surface area (Å²) in [4.78, 5) is 10.4. The first-order valence-corrected chi connectivity index (χ1v) is 8.62. The average molecular weight is 321 g/mol. The molecule has 0 amide bonds. The third kappa shape index (κ3) is 2.95. The van der Waals surface area contributed by atoms with Crippen LogP contribution in [0.4, 0.5) is 0 Å². The van der Waals surface area contributed by atoms with Gasteiger partial charge in [-0.2, -0.15) is 0 Å². The molecule has 24 heavy (non-hydrogen) atoms.